The summed E-state index contributed by atoms with van der Waals surface area (Å²) in [5, 5.41) is 15.0. The summed E-state index contributed by atoms with van der Waals surface area (Å²) in [5.41, 5.74) is 2.93. The summed E-state index contributed by atoms with van der Waals surface area (Å²) >= 11 is 0. The van der Waals surface area contributed by atoms with Crippen molar-refractivity contribution in [3.63, 3.8) is 0 Å². The van der Waals surface area contributed by atoms with E-state index in [9.17, 15) is 14.7 Å². The normalized spacial score (nSPS) is 22.8. The Bertz CT molecular complexity index is 1140. The molecular weight excluding hydrogens is 416 g/mol. The lowest BCUT2D eigenvalue weighted by Crippen LogP contribution is -2.33. The summed E-state index contributed by atoms with van der Waals surface area (Å²) in [6.45, 7) is 8.14. The Balaban J connectivity index is 1.54. The predicted molar refractivity (Wildman–Crippen MR) is 127 cm³/mol. The van der Waals surface area contributed by atoms with E-state index in [-0.39, 0.29) is 35.1 Å². The van der Waals surface area contributed by atoms with Crippen molar-refractivity contribution >= 4 is 17.3 Å². The number of rotatable bonds is 6. The molecule has 2 aliphatic rings. The first-order valence-corrected chi connectivity index (χ1v) is 11.4. The Kier molecular flexibility index (Phi) is 6.45. The van der Waals surface area contributed by atoms with Crippen LogP contribution in [0.1, 0.15) is 72.8 Å². The highest BCUT2D eigenvalue weighted by atomic mass is 16.5. The molecule has 0 spiro atoms. The van der Waals surface area contributed by atoms with Gasteiger partial charge in [0.2, 0.25) is 0 Å². The van der Waals surface area contributed by atoms with Gasteiger partial charge < -0.3 is 9.63 Å². The SMILES string of the molecule is C=CCN=C1CC(C)(C)CC(=O)/C1=C(\O)CCc1noc2c1C(=O)CC(c1ccccc1)C2. The topological polar surface area (TPSA) is 92.8 Å². The first kappa shape index (κ1) is 22.9. The zero-order valence-electron chi connectivity index (χ0n) is 19.3. The Hall–Kier alpha value is -3.28. The predicted octanol–water partition coefficient (Wildman–Crippen LogP) is 5.35. The standard InChI is InChI=1S/C27H30N2O4/c1-4-12-28-20-15-27(2,3)16-23(32)25(20)21(30)11-10-19-26-22(31)13-18(14-24(26)33-29-19)17-8-6-5-7-9-17/h4-9,18,30H,1,10-16H2,2-3H3/b25-21-,28-20?. The molecule has 1 N–H and O–H groups in total. The highest BCUT2D eigenvalue weighted by Crippen LogP contribution is 2.37. The third-order valence-electron chi connectivity index (χ3n) is 6.40. The van der Waals surface area contributed by atoms with Crippen molar-refractivity contribution in [3.05, 3.63) is 76.9 Å². The van der Waals surface area contributed by atoms with Crippen LogP contribution in [0.25, 0.3) is 0 Å². The number of aliphatic hydroxyl groups excluding tert-OH is 1. The van der Waals surface area contributed by atoms with Crippen LogP contribution in [0, 0.1) is 5.41 Å². The van der Waals surface area contributed by atoms with E-state index in [0.717, 1.165) is 5.56 Å². The fraction of sp³-hybridized carbons (Fsp3) is 0.407. The average Bonchev–Trinajstić information content (AvgIpc) is 3.19. The third kappa shape index (κ3) is 4.90. The van der Waals surface area contributed by atoms with E-state index in [2.05, 4.69) is 16.7 Å². The van der Waals surface area contributed by atoms with E-state index in [1.807, 2.05) is 44.2 Å². The van der Waals surface area contributed by atoms with Gasteiger partial charge in [0.1, 0.15) is 11.5 Å². The number of aliphatic hydroxyl groups is 1. The Morgan fingerprint density at radius 1 is 1.21 bits per heavy atom. The van der Waals surface area contributed by atoms with Crippen LogP contribution in [-0.2, 0) is 17.6 Å². The molecule has 1 atom stereocenters. The number of aliphatic imine (C=N–C) groups is 1. The molecule has 0 bridgehead atoms. The first-order chi connectivity index (χ1) is 15.8. The number of Topliss-reactive ketones (excluding diaryl/α,β-unsaturated/α-hetero) is 2. The molecule has 1 unspecified atom stereocenters. The van der Waals surface area contributed by atoms with Crippen LogP contribution >= 0.6 is 0 Å². The molecule has 0 amide bonds. The average molecular weight is 447 g/mol. The third-order valence-corrected chi connectivity index (χ3v) is 6.40. The number of ketones is 2. The number of carbonyl (C=O) groups excluding carboxylic acids is 2. The molecule has 172 valence electrons. The summed E-state index contributed by atoms with van der Waals surface area (Å²) in [4.78, 5) is 30.2. The van der Waals surface area contributed by atoms with Crippen LogP contribution < -0.4 is 0 Å². The highest BCUT2D eigenvalue weighted by Gasteiger charge is 2.36. The van der Waals surface area contributed by atoms with Gasteiger partial charge in [-0.15, -0.1) is 6.58 Å². The number of aromatic nitrogens is 1. The van der Waals surface area contributed by atoms with Gasteiger partial charge in [-0.05, 0) is 23.3 Å². The van der Waals surface area contributed by atoms with Gasteiger partial charge >= 0.3 is 0 Å². The van der Waals surface area contributed by atoms with Crippen molar-refractivity contribution in [1.29, 1.82) is 0 Å². The summed E-state index contributed by atoms with van der Waals surface area (Å²) in [7, 11) is 0. The minimum absolute atomic E-state index is 0.000447. The van der Waals surface area contributed by atoms with Crippen LogP contribution in [0.15, 0.2) is 63.8 Å². The van der Waals surface area contributed by atoms with Crippen molar-refractivity contribution in [2.24, 2.45) is 10.4 Å². The van der Waals surface area contributed by atoms with Crippen LogP contribution in [-0.4, -0.2) is 34.1 Å². The van der Waals surface area contributed by atoms with Gasteiger partial charge in [0.15, 0.2) is 11.6 Å². The summed E-state index contributed by atoms with van der Waals surface area (Å²) in [6.07, 6.45) is 4.19. The Labute approximate surface area is 194 Å². The van der Waals surface area contributed by atoms with E-state index in [1.165, 1.54) is 0 Å². The maximum Gasteiger partial charge on any atom is 0.168 e. The number of benzene rings is 1. The number of allylic oxidation sites excluding steroid dienone is 2. The molecule has 1 saturated carbocycles. The fourth-order valence-corrected chi connectivity index (χ4v) is 4.86. The van der Waals surface area contributed by atoms with Gasteiger partial charge in [-0.3, -0.25) is 14.6 Å². The lowest BCUT2D eigenvalue weighted by Gasteiger charge is -2.31. The summed E-state index contributed by atoms with van der Waals surface area (Å²) in [5.74, 6) is 0.591. The molecule has 1 heterocycles. The van der Waals surface area contributed by atoms with Gasteiger partial charge in [-0.2, -0.15) is 0 Å². The van der Waals surface area contributed by atoms with Gasteiger partial charge in [-0.1, -0.05) is 55.4 Å². The zero-order valence-corrected chi connectivity index (χ0v) is 19.3. The molecule has 4 rings (SSSR count). The van der Waals surface area contributed by atoms with E-state index in [4.69, 9.17) is 4.52 Å². The van der Waals surface area contributed by atoms with E-state index in [0.29, 0.717) is 67.0 Å². The smallest absolute Gasteiger partial charge is 0.168 e. The van der Waals surface area contributed by atoms with Gasteiger partial charge in [0.05, 0.1) is 23.4 Å². The monoisotopic (exact) mass is 446 g/mol. The Morgan fingerprint density at radius 2 is 1.97 bits per heavy atom. The van der Waals surface area contributed by atoms with Crippen molar-refractivity contribution in [2.75, 3.05) is 6.54 Å². The summed E-state index contributed by atoms with van der Waals surface area (Å²) < 4.78 is 5.54. The van der Waals surface area contributed by atoms with E-state index >= 15 is 0 Å². The number of fused-ring (bicyclic) bond motifs is 1. The van der Waals surface area contributed by atoms with E-state index in [1.54, 1.807) is 6.08 Å². The van der Waals surface area contributed by atoms with Crippen LogP contribution in [0.4, 0.5) is 0 Å². The number of carbonyl (C=O) groups is 2. The molecule has 0 aliphatic heterocycles. The fourth-order valence-electron chi connectivity index (χ4n) is 4.86. The maximum atomic E-state index is 12.9. The molecule has 0 radical (unpaired) electrons. The quantitative estimate of drug-likeness (QED) is 0.367. The molecule has 33 heavy (non-hydrogen) atoms. The van der Waals surface area contributed by atoms with Gasteiger partial charge in [0.25, 0.3) is 0 Å². The minimum Gasteiger partial charge on any atom is -0.511 e. The maximum absolute atomic E-state index is 12.9. The largest absolute Gasteiger partial charge is 0.511 e. The molecular formula is C27H30N2O4. The minimum atomic E-state index is -0.201. The first-order valence-electron chi connectivity index (χ1n) is 11.4. The molecule has 2 aromatic rings. The molecule has 6 nitrogen and oxygen atoms in total. The van der Waals surface area contributed by atoms with Crippen LogP contribution in [0.3, 0.4) is 0 Å². The number of nitrogens with zero attached hydrogens (tertiary/aromatic N) is 2. The highest BCUT2D eigenvalue weighted by molar-refractivity contribution is 6.24. The number of hydrogen-bond donors (Lipinski definition) is 1. The molecule has 0 saturated heterocycles. The second kappa shape index (κ2) is 9.30. The second-order valence-electron chi connectivity index (χ2n) is 9.71. The van der Waals surface area contributed by atoms with Crippen molar-refractivity contribution < 1.29 is 19.2 Å². The van der Waals surface area contributed by atoms with Gasteiger partial charge in [-0.25, -0.2) is 0 Å². The molecule has 2 aliphatic carbocycles. The summed E-state index contributed by atoms with van der Waals surface area (Å²) in [6, 6.07) is 9.95. The molecule has 1 aromatic carbocycles. The van der Waals surface area contributed by atoms with Gasteiger partial charge in [0, 0.05) is 37.8 Å². The van der Waals surface area contributed by atoms with Crippen molar-refractivity contribution in [2.45, 2.75) is 58.3 Å². The molecule has 1 fully saturated rings. The van der Waals surface area contributed by atoms with Crippen molar-refractivity contribution in [3.8, 4) is 0 Å². The molecule has 1 aromatic heterocycles. The van der Waals surface area contributed by atoms with Crippen LogP contribution in [0.2, 0.25) is 0 Å². The lowest BCUT2D eigenvalue weighted by atomic mass is 9.73. The zero-order chi connectivity index (χ0) is 23.6. The van der Waals surface area contributed by atoms with Crippen LogP contribution in [0.5, 0.6) is 0 Å². The Morgan fingerprint density at radius 3 is 2.70 bits per heavy atom. The van der Waals surface area contributed by atoms with Crippen molar-refractivity contribution in [1.82, 2.24) is 5.16 Å². The lowest BCUT2D eigenvalue weighted by molar-refractivity contribution is -0.117. The van der Waals surface area contributed by atoms with E-state index < -0.39 is 0 Å². The number of aryl methyl sites for hydroxylation is 1. The second-order valence-corrected chi connectivity index (χ2v) is 9.71. The molecule has 6 heteroatoms. The number of hydrogen-bond acceptors (Lipinski definition) is 6.